The van der Waals surface area contributed by atoms with E-state index in [1.165, 1.54) is 25.7 Å². The second kappa shape index (κ2) is 5.57. The average Bonchev–Trinajstić information content (AvgIpc) is 2.58. The summed E-state index contributed by atoms with van der Waals surface area (Å²) in [5.74, 6) is 1.12. The van der Waals surface area contributed by atoms with Crippen LogP contribution in [0.15, 0.2) is 24.3 Å². The van der Waals surface area contributed by atoms with E-state index in [2.05, 4.69) is 57.0 Å². The summed E-state index contributed by atoms with van der Waals surface area (Å²) in [5, 5.41) is 11.2. The number of fused-ring (bicyclic) bond motifs is 2. The maximum absolute atomic E-state index is 11.2. The van der Waals surface area contributed by atoms with Gasteiger partial charge in [-0.3, -0.25) is 4.90 Å². The summed E-state index contributed by atoms with van der Waals surface area (Å²) in [5.41, 5.74) is 3.02. The molecule has 5 rings (SSSR count). The Balaban J connectivity index is 1.77. The van der Waals surface area contributed by atoms with E-state index in [0.717, 1.165) is 12.8 Å². The highest BCUT2D eigenvalue weighted by Crippen LogP contribution is 2.61. The molecule has 2 saturated heterocycles. The van der Waals surface area contributed by atoms with Crippen LogP contribution in [0.25, 0.3) is 0 Å². The van der Waals surface area contributed by atoms with Crippen molar-refractivity contribution >= 4 is 0 Å². The van der Waals surface area contributed by atoms with Crippen molar-refractivity contribution in [1.82, 2.24) is 4.90 Å². The highest BCUT2D eigenvalue weighted by molar-refractivity contribution is 5.42. The zero-order chi connectivity index (χ0) is 17.1. The predicted octanol–water partition coefficient (Wildman–Crippen LogP) is 4.15. The van der Waals surface area contributed by atoms with Crippen LogP contribution in [0.2, 0.25) is 0 Å². The molecule has 132 valence electrons. The number of likely N-dealkylation sites (N-methyl/N-ethyl adjacent to an activating group) is 1. The lowest BCUT2D eigenvalue weighted by atomic mass is 9.47. The summed E-state index contributed by atoms with van der Waals surface area (Å²) in [4.78, 5) is 2.65. The van der Waals surface area contributed by atoms with Crippen molar-refractivity contribution in [1.29, 1.82) is 0 Å². The fourth-order valence-electron chi connectivity index (χ4n) is 6.77. The molecule has 0 radical (unpaired) electrons. The van der Waals surface area contributed by atoms with Gasteiger partial charge in [-0.15, -0.1) is 0 Å². The molecule has 1 N–H and O–H groups in total. The molecule has 1 saturated carbocycles. The van der Waals surface area contributed by atoms with E-state index in [0.29, 0.717) is 29.3 Å². The Hall–Kier alpha value is -0.860. The second-order valence-electron chi connectivity index (χ2n) is 8.93. The van der Waals surface area contributed by atoms with E-state index in [1.807, 2.05) is 0 Å². The summed E-state index contributed by atoms with van der Waals surface area (Å²) in [6.07, 6.45) is 6.85. The summed E-state index contributed by atoms with van der Waals surface area (Å²) < 4.78 is 0. The molecule has 2 aliphatic heterocycles. The first kappa shape index (κ1) is 16.6. The average molecular weight is 328 g/mol. The number of nitrogens with zero attached hydrogens (tertiary/aromatic N) is 1. The van der Waals surface area contributed by atoms with E-state index in [1.54, 1.807) is 11.1 Å². The third-order valence-corrected chi connectivity index (χ3v) is 7.93. The largest absolute Gasteiger partial charge is 0.390 e. The van der Waals surface area contributed by atoms with Crippen molar-refractivity contribution in [3.05, 3.63) is 35.4 Å². The fourth-order valence-corrected chi connectivity index (χ4v) is 6.77. The molecule has 1 aromatic rings. The molecular weight excluding hydrogens is 294 g/mol. The molecule has 1 aromatic carbocycles. The minimum Gasteiger partial charge on any atom is -0.390 e. The first-order chi connectivity index (χ1) is 11.4. The van der Waals surface area contributed by atoms with Crippen LogP contribution in [0.1, 0.15) is 64.0 Å². The van der Waals surface area contributed by atoms with E-state index in [-0.39, 0.29) is 0 Å². The highest BCUT2D eigenvalue weighted by atomic mass is 16.3. The summed E-state index contributed by atoms with van der Waals surface area (Å²) in [7, 11) is 2.32. The van der Waals surface area contributed by atoms with Gasteiger partial charge in [0, 0.05) is 23.4 Å². The molecular formula is C22H33NO. The zero-order valence-corrected chi connectivity index (χ0v) is 15.8. The van der Waals surface area contributed by atoms with Gasteiger partial charge in [-0.2, -0.15) is 0 Å². The molecule has 0 amide bonds. The van der Waals surface area contributed by atoms with Gasteiger partial charge in [0.05, 0.1) is 5.60 Å². The molecule has 0 spiro atoms. The van der Waals surface area contributed by atoms with Crippen molar-refractivity contribution < 1.29 is 5.11 Å². The minimum atomic E-state index is -0.518. The van der Waals surface area contributed by atoms with Crippen LogP contribution in [0.4, 0.5) is 0 Å². The van der Waals surface area contributed by atoms with E-state index in [4.69, 9.17) is 0 Å². The predicted molar refractivity (Wildman–Crippen MR) is 99.2 cm³/mol. The highest BCUT2D eigenvalue weighted by Gasteiger charge is 2.62. The van der Waals surface area contributed by atoms with Crippen LogP contribution in [0.5, 0.6) is 0 Å². The Kier molecular flexibility index (Phi) is 3.85. The standard InChI is InChI=1S/C22H33NO/c1-5-11-21(3,24)17-13-18-19-12-15-9-7-8-10-16(15)22(18,6-2)14-20(17)23(19)4/h7-10,17-20,24H,5-6,11-14H2,1-4H3. The Morgan fingerprint density at radius 1 is 1.25 bits per heavy atom. The van der Waals surface area contributed by atoms with Crippen LogP contribution in [-0.2, 0) is 11.8 Å². The van der Waals surface area contributed by atoms with Gasteiger partial charge in [-0.25, -0.2) is 0 Å². The van der Waals surface area contributed by atoms with Gasteiger partial charge in [0.2, 0.25) is 0 Å². The van der Waals surface area contributed by atoms with Crippen LogP contribution >= 0.6 is 0 Å². The quantitative estimate of drug-likeness (QED) is 0.898. The monoisotopic (exact) mass is 327 g/mol. The maximum Gasteiger partial charge on any atom is 0.0662 e. The van der Waals surface area contributed by atoms with E-state index < -0.39 is 5.60 Å². The SMILES string of the molecule is CCCC(C)(O)C1CC2C3Cc4ccccc4C2(CC)CC1N3C. The third-order valence-electron chi connectivity index (χ3n) is 7.93. The Labute approximate surface area is 147 Å². The van der Waals surface area contributed by atoms with Gasteiger partial charge in [0.15, 0.2) is 0 Å². The van der Waals surface area contributed by atoms with Gasteiger partial charge in [-0.1, -0.05) is 44.5 Å². The van der Waals surface area contributed by atoms with Gasteiger partial charge in [-0.05, 0) is 63.1 Å². The number of hydrogen-bond acceptors (Lipinski definition) is 2. The molecule has 0 aromatic heterocycles. The van der Waals surface area contributed by atoms with Crippen molar-refractivity contribution in [3.63, 3.8) is 0 Å². The summed E-state index contributed by atoms with van der Waals surface area (Å²) in [6, 6.07) is 10.4. The Morgan fingerprint density at radius 2 is 2.00 bits per heavy atom. The molecule has 6 unspecified atom stereocenters. The van der Waals surface area contributed by atoms with Gasteiger partial charge in [0.1, 0.15) is 0 Å². The molecule has 4 aliphatic rings. The van der Waals surface area contributed by atoms with Crippen LogP contribution in [0.3, 0.4) is 0 Å². The summed E-state index contributed by atoms with van der Waals surface area (Å²) >= 11 is 0. The summed E-state index contributed by atoms with van der Waals surface area (Å²) in [6.45, 7) is 6.68. The first-order valence-electron chi connectivity index (χ1n) is 9.97. The minimum absolute atomic E-state index is 0.343. The molecule has 3 fully saturated rings. The number of piperidine rings is 2. The normalized spacial score (nSPS) is 40.2. The lowest BCUT2D eigenvalue weighted by Gasteiger charge is -2.67. The Bertz CT molecular complexity index is 624. The maximum atomic E-state index is 11.2. The molecule has 2 nitrogen and oxygen atoms in total. The van der Waals surface area contributed by atoms with Crippen molar-refractivity contribution in [2.75, 3.05) is 7.05 Å². The number of benzene rings is 1. The lowest BCUT2D eigenvalue weighted by Crippen LogP contribution is -2.70. The van der Waals surface area contributed by atoms with Crippen molar-refractivity contribution in [2.24, 2.45) is 11.8 Å². The van der Waals surface area contributed by atoms with E-state index in [9.17, 15) is 5.11 Å². The molecule has 2 heteroatoms. The number of hydrogen-bond donors (Lipinski definition) is 1. The van der Waals surface area contributed by atoms with Gasteiger partial charge in [0.25, 0.3) is 0 Å². The van der Waals surface area contributed by atoms with Gasteiger partial charge >= 0.3 is 0 Å². The van der Waals surface area contributed by atoms with Crippen LogP contribution in [-0.4, -0.2) is 34.7 Å². The molecule has 4 bridgehead atoms. The van der Waals surface area contributed by atoms with Crippen LogP contribution in [0, 0.1) is 11.8 Å². The number of rotatable bonds is 4. The molecule has 2 heterocycles. The molecule has 2 aliphatic carbocycles. The molecule has 6 atom stereocenters. The zero-order valence-electron chi connectivity index (χ0n) is 15.8. The van der Waals surface area contributed by atoms with Crippen molar-refractivity contribution in [3.8, 4) is 0 Å². The molecule has 24 heavy (non-hydrogen) atoms. The van der Waals surface area contributed by atoms with Crippen LogP contribution < -0.4 is 0 Å². The number of aliphatic hydroxyl groups is 1. The van der Waals surface area contributed by atoms with Crippen molar-refractivity contribution in [2.45, 2.75) is 82.4 Å². The topological polar surface area (TPSA) is 23.5 Å². The third kappa shape index (κ3) is 2.08. The smallest absolute Gasteiger partial charge is 0.0662 e. The lowest BCUT2D eigenvalue weighted by molar-refractivity contribution is -0.155. The fraction of sp³-hybridized carbons (Fsp3) is 0.727. The first-order valence-corrected chi connectivity index (χ1v) is 9.97. The van der Waals surface area contributed by atoms with Gasteiger partial charge < -0.3 is 5.11 Å². The Morgan fingerprint density at radius 3 is 2.71 bits per heavy atom. The second-order valence-corrected chi connectivity index (χ2v) is 8.93. The van der Waals surface area contributed by atoms with E-state index >= 15 is 0 Å².